The van der Waals surface area contributed by atoms with E-state index < -0.39 is 16.3 Å². The number of para-hydroxylation sites is 1. The highest BCUT2D eigenvalue weighted by atomic mass is 19.3. The van der Waals surface area contributed by atoms with Crippen molar-refractivity contribution in [1.82, 2.24) is 0 Å². The van der Waals surface area contributed by atoms with Gasteiger partial charge in [0.15, 0.2) is 0 Å². The molecule has 2 rings (SSSR count). The second-order valence-corrected chi connectivity index (χ2v) is 5.11. The van der Waals surface area contributed by atoms with Gasteiger partial charge in [0.1, 0.15) is 0 Å². The molecule has 1 aromatic carbocycles. The molecule has 0 amide bonds. The number of hydrogen-bond donors (Lipinski definition) is 1. The van der Waals surface area contributed by atoms with Gasteiger partial charge in [-0.05, 0) is 12.8 Å². The Morgan fingerprint density at radius 3 is 2.32 bits per heavy atom. The average molecular weight is 270 g/mol. The standard InChI is InChI=1S/C13H16F2N2O2/c14-13(15)7-5-12(9-16,6-8-13)10-3-1-2-4-11(10)17(18)19/h1-4H,5-9,16H2. The smallest absolute Gasteiger partial charge is 0.273 e. The molecule has 0 aliphatic heterocycles. The molecular formula is C13H16F2N2O2. The molecule has 0 saturated heterocycles. The minimum absolute atomic E-state index is 0.0295. The van der Waals surface area contributed by atoms with Crippen LogP contribution in [0.5, 0.6) is 0 Å². The molecule has 1 aliphatic carbocycles. The number of nitrogens with two attached hydrogens (primary N) is 1. The number of benzene rings is 1. The van der Waals surface area contributed by atoms with Gasteiger partial charge in [-0.15, -0.1) is 0 Å². The Morgan fingerprint density at radius 1 is 1.21 bits per heavy atom. The molecule has 0 bridgehead atoms. The molecule has 6 heteroatoms. The lowest BCUT2D eigenvalue weighted by atomic mass is 9.68. The van der Waals surface area contributed by atoms with Gasteiger partial charge in [-0.3, -0.25) is 10.1 Å². The number of halogens is 2. The van der Waals surface area contributed by atoms with E-state index in [0.29, 0.717) is 5.56 Å². The molecule has 4 nitrogen and oxygen atoms in total. The molecule has 104 valence electrons. The van der Waals surface area contributed by atoms with Gasteiger partial charge in [0.2, 0.25) is 5.92 Å². The second-order valence-electron chi connectivity index (χ2n) is 5.11. The van der Waals surface area contributed by atoms with Crippen molar-refractivity contribution in [2.24, 2.45) is 5.73 Å². The van der Waals surface area contributed by atoms with E-state index in [4.69, 9.17) is 5.73 Å². The third kappa shape index (κ3) is 2.58. The van der Waals surface area contributed by atoms with Crippen LogP contribution in [0.1, 0.15) is 31.2 Å². The van der Waals surface area contributed by atoms with E-state index in [2.05, 4.69) is 0 Å². The highest BCUT2D eigenvalue weighted by Crippen LogP contribution is 2.47. The van der Waals surface area contributed by atoms with Gasteiger partial charge in [-0.1, -0.05) is 18.2 Å². The van der Waals surface area contributed by atoms with E-state index in [1.807, 2.05) is 0 Å². The topological polar surface area (TPSA) is 69.2 Å². The summed E-state index contributed by atoms with van der Waals surface area (Å²) < 4.78 is 26.6. The van der Waals surface area contributed by atoms with Crippen LogP contribution in [0.3, 0.4) is 0 Å². The molecule has 19 heavy (non-hydrogen) atoms. The van der Waals surface area contributed by atoms with Crippen LogP contribution in [0.4, 0.5) is 14.5 Å². The van der Waals surface area contributed by atoms with Gasteiger partial charge < -0.3 is 5.73 Å². The van der Waals surface area contributed by atoms with Crippen LogP contribution >= 0.6 is 0 Å². The van der Waals surface area contributed by atoms with Crippen molar-refractivity contribution in [2.75, 3.05) is 6.54 Å². The molecule has 1 fully saturated rings. The summed E-state index contributed by atoms with van der Waals surface area (Å²) in [6, 6.07) is 6.30. The molecule has 0 spiro atoms. The summed E-state index contributed by atoms with van der Waals surface area (Å²) in [5.41, 5.74) is 5.51. The molecule has 2 N–H and O–H groups in total. The number of alkyl halides is 2. The fourth-order valence-electron chi connectivity index (χ4n) is 2.76. The fourth-order valence-corrected chi connectivity index (χ4v) is 2.76. The third-order valence-corrected chi connectivity index (χ3v) is 4.00. The first-order valence-electron chi connectivity index (χ1n) is 6.22. The van der Waals surface area contributed by atoms with Gasteiger partial charge in [-0.2, -0.15) is 0 Å². The van der Waals surface area contributed by atoms with E-state index in [9.17, 15) is 18.9 Å². The monoisotopic (exact) mass is 270 g/mol. The van der Waals surface area contributed by atoms with Gasteiger partial charge in [0.05, 0.1) is 4.92 Å². The summed E-state index contributed by atoms with van der Waals surface area (Å²) in [7, 11) is 0. The maximum absolute atomic E-state index is 13.3. The molecule has 0 heterocycles. The van der Waals surface area contributed by atoms with Crippen LogP contribution in [0, 0.1) is 10.1 Å². The molecule has 0 atom stereocenters. The van der Waals surface area contributed by atoms with Crippen LogP contribution in [0.15, 0.2) is 24.3 Å². The summed E-state index contributed by atoms with van der Waals surface area (Å²) in [5, 5.41) is 11.1. The van der Waals surface area contributed by atoms with Gasteiger partial charge >= 0.3 is 0 Å². The zero-order chi connectivity index (χ0) is 14.1. The summed E-state index contributed by atoms with van der Waals surface area (Å²) in [6.45, 7) is 0.147. The molecule has 0 unspecified atom stereocenters. The number of nitro benzene ring substituents is 1. The molecule has 1 aliphatic rings. The summed E-state index contributed by atoms with van der Waals surface area (Å²) in [5.74, 6) is -2.68. The summed E-state index contributed by atoms with van der Waals surface area (Å²) in [6.07, 6.45) is -0.171. The number of hydrogen-bond acceptors (Lipinski definition) is 3. The van der Waals surface area contributed by atoms with E-state index in [1.165, 1.54) is 6.07 Å². The Balaban J connectivity index is 2.40. The van der Waals surface area contributed by atoms with Crippen molar-refractivity contribution in [3.05, 3.63) is 39.9 Å². The zero-order valence-corrected chi connectivity index (χ0v) is 10.4. The molecular weight excluding hydrogens is 254 g/mol. The van der Waals surface area contributed by atoms with Gasteiger partial charge in [0, 0.05) is 36.4 Å². The van der Waals surface area contributed by atoms with E-state index in [0.717, 1.165) is 0 Å². The average Bonchev–Trinajstić information content (AvgIpc) is 2.39. The predicted octanol–water partition coefficient (Wildman–Crippen LogP) is 3.00. The second kappa shape index (κ2) is 4.85. The Kier molecular flexibility index (Phi) is 3.54. The summed E-state index contributed by atoms with van der Waals surface area (Å²) in [4.78, 5) is 10.6. The quantitative estimate of drug-likeness (QED) is 0.678. The number of nitrogens with zero attached hydrogens (tertiary/aromatic N) is 1. The molecule has 1 saturated carbocycles. The maximum Gasteiger partial charge on any atom is 0.273 e. The number of rotatable bonds is 3. The fraction of sp³-hybridized carbons (Fsp3) is 0.538. The van der Waals surface area contributed by atoms with Crippen molar-refractivity contribution in [3.8, 4) is 0 Å². The minimum atomic E-state index is -2.68. The molecule has 1 aromatic rings. The van der Waals surface area contributed by atoms with Gasteiger partial charge in [-0.25, -0.2) is 8.78 Å². The normalized spacial score (nSPS) is 21.0. The van der Waals surface area contributed by atoms with Crippen LogP contribution in [-0.2, 0) is 5.41 Å². The first kappa shape index (κ1) is 13.9. The largest absolute Gasteiger partial charge is 0.330 e. The zero-order valence-electron chi connectivity index (χ0n) is 10.4. The van der Waals surface area contributed by atoms with Crippen molar-refractivity contribution in [2.45, 2.75) is 37.0 Å². The lowest BCUT2D eigenvalue weighted by Gasteiger charge is -2.39. The van der Waals surface area contributed by atoms with Crippen LogP contribution in [-0.4, -0.2) is 17.4 Å². The first-order chi connectivity index (χ1) is 8.90. The highest BCUT2D eigenvalue weighted by molar-refractivity contribution is 5.46. The lowest BCUT2D eigenvalue weighted by Crippen LogP contribution is -2.42. The SMILES string of the molecule is NCC1(c2ccccc2[N+](=O)[O-])CCC(F)(F)CC1. The van der Waals surface area contributed by atoms with Crippen LogP contribution < -0.4 is 5.73 Å². The Bertz CT molecular complexity index is 481. The van der Waals surface area contributed by atoms with Crippen LogP contribution in [0.2, 0.25) is 0 Å². The lowest BCUT2D eigenvalue weighted by molar-refractivity contribution is -0.386. The van der Waals surface area contributed by atoms with E-state index >= 15 is 0 Å². The highest BCUT2D eigenvalue weighted by Gasteiger charge is 2.45. The van der Waals surface area contributed by atoms with Crippen molar-refractivity contribution in [3.63, 3.8) is 0 Å². The maximum atomic E-state index is 13.3. The van der Waals surface area contributed by atoms with Crippen molar-refractivity contribution < 1.29 is 13.7 Å². The van der Waals surface area contributed by atoms with E-state index in [-0.39, 0.29) is 37.9 Å². The third-order valence-electron chi connectivity index (χ3n) is 4.00. The Morgan fingerprint density at radius 2 is 1.79 bits per heavy atom. The van der Waals surface area contributed by atoms with Crippen molar-refractivity contribution in [1.29, 1.82) is 0 Å². The number of nitro groups is 1. The molecule has 0 aromatic heterocycles. The Hall–Kier alpha value is -1.56. The van der Waals surface area contributed by atoms with E-state index in [1.54, 1.807) is 18.2 Å². The summed E-state index contributed by atoms with van der Waals surface area (Å²) >= 11 is 0. The first-order valence-corrected chi connectivity index (χ1v) is 6.22. The predicted molar refractivity (Wildman–Crippen MR) is 67.2 cm³/mol. The van der Waals surface area contributed by atoms with Crippen molar-refractivity contribution >= 4 is 5.69 Å². The molecule has 0 radical (unpaired) electrons. The van der Waals surface area contributed by atoms with Crippen LogP contribution in [0.25, 0.3) is 0 Å². The van der Waals surface area contributed by atoms with Gasteiger partial charge in [0.25, 0.3) is 5.69 Å². The Labute approximate surface area is 109 Å². The minimum Gasteiger partial charge on any atom is -0.330 e.